The molecule has 0 aliphatic heterocycles. The minimum absolute atomic E-state index is 0.0920. The molecule has 2 amide bonds. The molecule has 0 aliphatic carbocycles. The van der Waals surface area contributed by atoms with Crippen LogP contribution in [0, 0.1) is 12.3 Å². The lowest BCUT2D eigenvalue weighted by Crippen LogP contribution is -2.63. The molecule has 2 rings (SSSR count). The Balaban J connectivity index is 2.05. The molecule has 2 aromatic carbocycles. The zero-order valence-electron chi connectivity index (χ0n) is 16.3. The number of nitrogens with one attached hydrogen (secondary N) is 2. The number of nitrogens with two attached hydrogens (primary N) is 2. The van der Waals surface area contributed by atoms with Crippen LogP contribution in [0.1, 0.15) is 33.6 Å². The average Bonchev–Trinajstić information content (AvgIpc) is 2.77. The van der Waals surface area contributed by atoms with Gasteiger partial charge < -0.3 is 21.1 Å². The Morgan fingerprint density at radius 3 is 2.07 bits per heavy atom. The van der Waals surface area contributed by atoms with Gasteiger partial charge in [-0.25, -0.2) is 4.79 Å². The largest absolute Gasteiger partial charge is 0.450 e. The van der Waals surface area contributed by atoms with Gasteiger partial charge in [-0.15, -0.1) is 6.42 Å². The van der Waals surface area contributed by atoms with Gasteiger partial charge in [0.2, 0.25) is 0 Å². The number of esters is 1. The van der Waals surface area contributed by atoms with Gasteiger partial charge in [0.15, 0.2) is 12.3 Å². The van der Waals surface area contributed by atoms with Crippen molar-refractivity contribution in [3.63, 3.8) is 0 Å². The number of carbonyl (C=O) groups excluding carboxylic acids is 3. The molecule has 0 spiro atoms. The van der Waals surface area contributed by atoms with Crippen molar-refractivity contribution < 1.29 is 19.1 Å². The molecule has 8 nitrogen and oxygen atoms in total. The highest BCUT2D eigenvalue weighted by atomic mass is 16.5. The van der Waals surface area contributed by atoms with Gasteiger partial charge in [-0.1, -0.05) is 42.3 Å². The molecule has 30 heavy (non-hydrogen) atoms. The summed E-state index contributed by atoms with van der Waals surface area (Å²) in [5.41, 5.74) is 11.0. The van der Waals surface area contributed by atoms with Crippen molar-refractivity contribution >= 4 is 17.8 Å². The van der Waals surface area contributed by atoms with Gasteiger partial charge in [-0.3, -0.25) is 15.3 Å². The number of ether oxygens (including phenoxy) is 1. The minimum Gasteiger partial charge on any atom is -0.450 e. The highest BCUT2D eigenvalue weighted by molar-refractivity contribution is 5.98. The molecule has 0 heterocycles. The summed E-state index contributed by atoms with van der Waals surface area (Å²) in [4.78, 5) is 37.2. The number of hydrogen-bond donors (Lipinski definition) is 4. The van der Waals surface area contributed by atoms with Crippen molar-refractivity contribution in [3.8, 4) is 12.3 Å². The number of benzene rings is 2. The van der Waals surface area contributed by atoms with Crippen molar-refractivity contribution in [2.24, 2.45) is 11.5 Å². The van der Waals surface area contributed by atoms with Crippen molar-refractivity contribution in [2.75, 3.05) is 6.61 Å². The lowest BCUT2D eigenvalue weighted by Gasteiger charge is -2.29. The van der Waals surface area contributed by atoms with Gasteiger partial charge in [0.1, 0.15) is 0 Å². The monoisotopic (exact) mass is 408 g/mol. The Hall–Kier alpha value is -3.67. The van der Waals surface area contributed by atoms with Crippen molar-refractivity contribution in [2.45, 2.75) is 24.7 Å². The zero-order valence-corrected chi connectivity index (χ0v) is 16.3. The summed E-state index contributed by atoms with van der Waals surface area (Å²) in [7, 11) is 0. The second-order valence-electron chi connectivity index (χ2n) is 6.56. The standard InChI is InChI=1S/C22H24N4O4/c1-2-15-30-21(29)22(24,26-20(28)17-11-7-4-8-12-17)14-13-18(23)25-19(27)16-9-5-3-6-10-16/h1,3-12,18H,13-15,23-24H2,(H,25,27)(H,26,28)/t18?,22-/m1/s1. The summed E-state index contributed by atoms with van der Waals surface area (Å²) in [5, 5.41) is 5.11. The highest BCUT2D eigenvalue weighted by Gasteiger charge is 2.38. The van der Waals surface area contributed by atoms with E-state index in [2.05, 4.69) is 16.6 Å². The first-order valence-electron chi connectivity index (χ1n) is 9.24. The van der Waals surface area contributed by atoms with Crippen molar-refractivity contribution in [1.29, 1.82) is 0 Å². The molecule has 0 bridgehead atoms. The minimum atomic E-state index is -1.88. The first-order valence-corrected chi connectivity index (χ1v) is 9.24. The normalized spacial score (nSPS) is 13.2. The summed E-state index contributed by atoms with van der Waals surface area (Å²) in [6.45, 7) is -0.296. The Bertz CT molecular complexity index is 912. The van der Waals surface area contributed by atoms with Crippen molar-refractivity contribution in [1.82, 2.24) is 10.6 Å². The maximum absolute atomic E-state index is 12.5. The maximum Gasteiger partial charge on any atom is 0.347 e. The average molecular weight is 408 g/mol. The Morgan fingerprint density at radius 1 is 1.00 bits per heavy atom. The number of rotatable bonds is 9. The Kier molecular flexibility index (Phi) is 8.11. The quantitative estimate of drug-likeness (QED) is 0.274. The number of amides is 2. The van der Waals surface area contributed by atoms with Crippen LogP contribution in [0.3, 0.4) is 0 Å². The number of hydrogen-bond acceptors (Lipinski definition) is 6. The SMILES string of the molecule is C#CCOC(=O)[C@@](N)(CCC(N)NC(=O)c1ccccc1)NC(=O)c1ccccc1. The third-order valence-electron chi connectivity index (χ3n) is 4.23. The van der Waals surface area contributed by atoms with Gasteiger partial charge in [0.05, 0.1) is 6.17 Å². The second-order valence-corrected chi connectivity index (χ2v) is 6.56. The zero-order chi connectivity index (χ0) is 22.0. The maximum atomic E-state index is 12.5. The molecule has 1 unspecified atom stereocenters. The van der Waals surface area contributed by atoms with Crippen LogP contribution < -0.4 is 22.1 Å². The first-order chi connectivity index (χ1) is 14.4. The molecule has 0 fully saturated rings. The predicted molar refractivity (Wildman–Crippen MR) is 112 cm³/mol. The summed E-state index contributed by atoms with van der Waals surface area (Å²) >= 11 is 0. The van der Waals surface area contributed by atoms with Crippen LogP contribution in [0.25, 0.3) is 0 Å². The fourth-order valence-corrected chi connectivity index (χ4v) is 2.61. The van der Waals surface area contributed by atoms with Crippen LogP contribution in [-0.4, -0.2) is 36.2 Å². The smallest absolute Gasteiger partial charge is 0.347 e. The molecule has 8 heteroatoms. The summed E-state index contributed by atoms with van der Waals surface area (Å²) < 4.78 is 4.93. The molecule has 0 saturated carbocycles. The molecule has 156 valence electrons. The van der Waals surface area contributed by atoms with E-state index < -0.39 is 23.7 Å². The van der Waals surface area contributed by atoms with Crippen LogP contribution in [0.15, 0.2) is 60.7 Å². The molecule has 6 N–H and O–H groups in total. The number of carbonyl (C=O) groups is 3. The molecule has 0 aliphatic rings. The van der Waals surface area contributed by atoms with Gasteiger partial charge in [-0.05, 0) is 37.1 Å². The Morgan fingerprint density at radius 2 is 1.53 bits per heavy atom. The predicted octanol–water partition coefficient (Wildman–Crippen LogP) is 0.743. The van der Waals surface area contributed by atoms with Crippen molar-refractivity contribution in [3.05, 3.63) is 71.8 Å². The Labute approximate surface area is 175 Å². The molecule has 0 saturated heterocycles. The summed E-state index contributed by atoms with van der Waals surface area (Å²) in [6, 6.07) is 16.8. The first kappa shape index (κ1) is 22.6. The van der Waals surface area contributed by atoms with E-state index in [1.54, 1.807) is 60.7 Å². The molecule has 2 aromatic rings. The van der Waals surface area contributed by atoms with E-state index in [9.17, 15) is 14.4 Å². The van der Waals surface area contributed by atoms with Crippen LogP contribution in [0.5, 0.6) is 0 Å². The summed E-state index contributed by atoms with van der Waals surface area (Å²) in [6.07, 6.45) is 4.31. The molecular weight excluding hydrogens is 384 g/mol. The highest BCUT2D eigenvalue weighted by Crippen LogP contribution is 2.12. The van der Waals surface area contributed by atoms with E-state index >= 15 is 0 Å². The molecular formula is C22H24N4O4. The third kappa shape index (κ3) is 6.44. The molecule has 0 radical (unpaired) electrons. The lowest BCUT2D eigenvalue weighted by atomic mass is 10.0. The fraction of sp³-hybridized carbons (Fsp3) is 0.227. The summed E-state index contributed by atoms with van der Waals surface area (Å²) in [5.74, 6) is 0.350. The molecule has 2 atom stereocenters. The lowest BCUT2D eigenvalue weighted by molar-refractivity contribution is -0.150. The van der Waals surface area contributed by atoms with Gasteiger partial charge in [0, 0.05) is 11.1 Å². The van der Waals surface area contributed by atoms with E-state index in [1.165, 1.54) is 0 Å². The van der Waals surface area contributed by atoms with Gasteiger partial charge in [-0.2, -0.15) is 0 Å². The van der Waals surface area contributed by atoms with Crippen LogP contribution in [0.2, 0.25) is 0 Å². The van der Waals surface area contributed by atoms with E-state index in [-0.39, 0.29) is 25.4 Å². The third-order valence-corrected chi connectivity index (χ3v) is 4.23. The fourth-order valence-electron chi connectivity index (χ4n) is 2.61. The second kappa shape index (κ2) is 10.8. The van der Waals surface area contributed by atoms with E-state index in [0.717, 1.165) is 0 Å². The van der Waals surface area contributed by atoms with E-state index in [4.69, 9.17) is 22.6 Å². The number of terminal acetylenes is 1. The van der Waals surface area contributed by atoms with Crippen LogP contribution >= 0.6 is 0 Å². The van der Waals surface area contributed by atoms with E-state index in [0.29, 0.717) is 11.1 Å². The van der Waals surface area contributed by atoms with E-state index in [1.807, 2.05) is 0 Å². The van der Waals surface area contributed by atoms with Crippen LogP contribution in [0.4, 0.5) is 0 Å². The van der Waals surface area contributed by atoms with Gasteiger partial charge >= 0.3 is 5.97 Å². The van der Waals surface area contributed by atoms with Gasteiger partial charge in [0.25, 0.3) is 11.8 Å². The molecule has 0 aromatic heterocycles. The van der Waals surface area contributed by atoms with Crippen LogP contribution in [-0.2, 0) is 9.53 Å². The topological polar surface area (TPSA) is 137 Å².